The van der Waals surface area contributed by atoms with Crippen LogP contribution in [0.15, 0.2) is 0 Å². The average molecular weight is 213 g/mol. The second-order valence-corrected chi connectivity index (χ2v) is 4.47. The molecule has 0 aromatic heterocycles. The predicted octanol–water partition coefficient (Wildman–Crippen LogP) is 2.58. The van der Waals surface area contributed by atoms with Gasteiger partial charge >= 0.3 is 0 Å². The van der Waals surface area contributed by atoms with Gasteiger partial charge in [0.15, 0.2) is 0 Å². The molecule has 86 valence electrons. The number of carbonyl (C=O) groups excluding carboxylic acids is 1. The Balaban J connectivity index is 2.19. The van der Waals surface area contributed by atoms with Crippen LogP contribution in [0.3, 0.4) is 0 Å². The van der Waals surface area contributed by atoms with Crippen LogP contribution >= 0.6 is 0 Å². The third kappa shape index (κ3) is 3.98. The Bertz CT molecular complexity index is 240. The van der Waals surface area contributed by atoms with Crippen LogP contribution in [-0.4, -0.2) is 16.7 Å². The lowest BCUT2D eigenvalue weighted by Gasteiger charge is -2.20. The van der Waals surface area contributed by atoms with Gasteiger partial charge in [-0.15, -0.1) is 0 Å². The second kappa shape index (κ2) is 5.83. The first kappa shape index (κ1) is 12.1. The van der Waals surface area contributed by atoms with Crippen molar-refractivity contribution in [2.75, 3.05) is 0 Å². The molecule has 0 radical (unpaired) electrons. The van der Waals surface area contributed by atoms with Crippen molar-refractivity contribution in [1.29, 1.82) is 0 Å². The van der Waals surface area contributed by atoms with Crippen molar-refractivity contribution in [3.8, 4) is 0 Å². The van der Waals surface area contributed by atoms with Gasteiger partial charge in [0, 0.05) is 30.6 Å². The molecule has 0 aromatic carbocycles. The molecule has 0 heterocycles. The van der Waals surface area contributed by atoms with E-state index in [1.807, 2.05) is 0 Å². The van der Waals surface area contributed by atoms with Crippen LogP contribution in [0.25, 0.3) is 0 Å². The zero-order chi connectivity index (χ0) is 11.3. The van der Waals surface area contributed by atoms with Gasteiger partial charge < -0.3 is 0 Å². The van der Waals surface area contributed by atoms with E-state index in [2.05, 4.69) is 0 Å². The van der Waals surface area contributed by atoms with Crippen molar-refractivity contribution in [2.45, 2.75) is 57.9 Å². The summed E-state index contributed by atoms with van der Waals surface area (Å²) in [7, 11) is 0. The monoisotopic (exact) mass is 213 g/mol. The quantitative estimate of drug-likeness (QED) is 0.521. The van der Waals surface area contributed by atoms with Gasteiger partial charge in [-0.05, 0) is 25.7 Å². The number of ketones is 1. The van der Waals surface area contributed by atoms with Gasteiger partial charge in [-0.1, -0.05) is 6.42 Å². The van der Waals surface area contributed by atoms with Crippen LogP contribution in [0, 0.1) is 16.0 Å². The molecule has 0 N–H and O–H groups in total. The molecule has 1 rings (SSSR count). The number of rotatable bonds is 5. The molecular formula is C11H19NO3. The number of hydrogen-bond donors (Lipinski definition) is 0. The number of carbonyl (C=O) groups is 1. The van der Waals surface area contributed by atoms with Crippen LogP contribution in [0.1, 0.15) is 51.9 Å². The number of Topliss-reactive ketones (excluding diaryl/α,β-unsaturated/α-hetero) is 1. The van der Waals surface area contributed by atoms with Crippen molar-refractivity contribution in [3.63, 3.8) is 0 Å². The van der Waals surface area contributed by atoms with E-state index in [0.29, 0.717) is 12.2 Å². The van der Waals surface area contributed by atoms with Crippen molar-refractivity contribution in [1.82, 2.24) is 0 Å². The third-order valence-electron chi connectivity index (χ3n) is 3.22. The molecule has 1 aliphatic carbocycles. The molecule has 0 saturated heterocycles. The number of nitro groups is 1. The first-order valence-electron chi connectivity index (χ1n) is 5.77. The van der Waals surface area contributed by atoms with E-state index in [9.17, 15) is 14.9 Å². The zero-order valence-corrected chi connectivity index (χ0v) is 9.28. The molecule has 4 nitrogen and oxygen atoms in total. The Hall–Kier alpha value is -0.930. The summed E-state index contributed by atoms with van der Waals surface area (Å²) in [5.41, 5.74) is 0. The number of nitrogens with zero attached hydrogens (tertiary/aromatic N) is 1. The van der Waals surface area contributed by atoms with E-state index in [1.54, 1.807) is 6.92 Å². The molecule has 0 bridgehead atoms. The maximum atomic E-state index is 11.5. The molecule has 0 aromatic rings. The summed E-state index contributed by atoms with van der Waals surface area (Å²) < 4.78 is 0. The molecule has 2 atom stereocenters. The SMILES string of the molecule is CC(CCCC1CCCCC1=O)[N+](=O)[O-]. The van der Waals surface area contributed by atoms with Crippen LogP contribution < -0.4 is 0 Å². The summed E-state index contributed by atoms with van der Waals surface area (Å²) in [5.74, 6) is 0.563. The van der Waals surface area contributed by atoms with Crippen LogP contribution in [0.4, 0.5) is 0 Å². The maximum Gasteiger partial charge on any atom is 0.210 e. The van der Waals surface area contributed by atoms with Crippen LogP contribution in [0.2, 0.25) is 0 Å². The Morgan fingerprint density at radius 2 is 2.27 bits per heavy atom. The minimum atomic E-state index is -0.469. The summed E-state index contributed by atoms with van der Waals surface area (Å²) in [6.07, 6.45) is 6.12. The molecule has 1 fully saturated rings. The van der Waals surface area contributed by atoms with Crippen molar-refractivity contribution in [2.24, 2.45) is 5.92 Å². The predicted molar refractivity (Wildman–Crippen MR) is 57.3 cm³/mol. The summed E-state index contributed by atoms with van der Waals surface area (Å²) in [6, 6.07) is -0.469. The topological polar surface area (TPSA) is 60.2 Å². The van der Waals surface area contributed by atoms with Crippen molar-refractivity contribution >= 4 is 5.78 Å². The highest BCUT2D eigenvalue weighted by Gasteiger charge is 2.22. The fraction of sp³-hybridized carbons (Fsp3) is 0.909. The minimum absolute atomic E-state index is 0.192. The first-order chi connectivity index (χ1) is 7.11. The highest BCUT2D eigenvalue weighted by Crippen LogP contribution is 2.25. The zero-order valence-electron chi connectivity index (χ0n) is 9.28. The van der Waals surface area contributed by atoms with Gasteiger partial charge in [0.05, 0.1) is 0 Å². The van der Waals surface area contributed by atoms with Gasteiger partial charge in [0.2, 0.25) is 6.04 Å². The van der Waals surface area contributed by atoms with E-state index in [-0.39, 0.29) is 10.8 Å². The van der Waals surface area contributed by atoms with Crippen LogP contribution in [0.5, 0.6) is 0 Å². The van der Waals surface area contributed by atoms with Crippen molar-refractivity contribution < 1.29 is 9.72 Å². The standard InChI is InChI=1S/C11H19NO3/c1-9(12(14)15)5-4-7-10-6-2-3-8-11(10)13/h9-10H,2-8H2,1H3. The fourth-order valence-electron chi connectivity index (χ4n) is 2.13. The number of hydrogen-bond acceptors (Lipinski definition) is 3. The molecule has 1 saturated carbocycles. The third-order valence-corrected chi connectivity index (χ3v) is 3.22. The first-order valence-corrected chi connectivity index (χ1v) is 5.77. The summed E-state index contributed by atoms with van der Waals surface area (Å²) in [4.78, 5) is 21.6. The van der Waals surface area contributed by atoms with Gasteiger partial charge in [-0.3, -0.25) is 14.9 Å². The lowest BCUT2D eigenvalue weighted by molar-refractivity contribution is -0.519. The maximum absolute atomic E-state index is 11.5. The highest BCUT2D eigenvalue weighted by molar-refractivity contribution is 5.81. The van der Waals surface area contributed by atoms with E-state index in [0.717, 1.165) is 38.5 Å². The van der Waals surface area contributed by atoms with Gasteiger partial charge in [-0.2, -0.15) is 0 Å². The average Bonchev–Trinajstić information content (AvgIpc) is 2.20. The summed E-state index contributed by atoms with van der Waals surface area (Å²) in [6.45, 7) is 1.63. The largest absolute Gasteiger partial charge is 0.299 e. The fourth-order valence-corrected chi connectivity index (χ4v) is 2.13. The minimum Gasteiger partial charge on any atom is -0.299 e. The summed E-state index contributed by atoms with van der Waals surface area (Å²) >= 11 is 0. The van der Waals surface area contributed by atoms with E-state index >= 15 is 0 Å². The molecule has 15 heavy (non-hydrogen) atoms. The molecule has 2 unspecified atom stereocenters. The van der Waals surface area contributed by atoms with Crippen LogP contribution in [-0.2, 0) is 4.79 Å². The van der Waals surface area contributed by atoms with Gasteiger partial charge in [0.1, 0.15) is 5.78 Å². The van der Waals surface area contributed by atoms with Gasteiger partial charge in [0.25, 0.3) is 0 Å². The Morgan fingerprint density at radius 1 is 1.53 bits per heavy atom. The Morgan fingerprint density at radius 3 is 2.87 bits per heavy atom. The highest BCUT2D eigenvalue weighted by atomic mass is 16.6. The molecule has 4 heteroatoms. The Labute approximate surface area is 90.2 Å². The van der Waals surface area contributed by atoms with E-state index < -0.39 is 6.04 Å². The lowest BCUT2D eigenvalue weighted by Crippen LogP contribution is -2.20. The van der Waals surface area contributed by atoms with Crippen molar-refractivity contribution in [3.05, 3.63) is 10.1 Å². The normalized spacial score (nSPS) is 23.8. The van der Waals surface area contributed by atoms with Gasteiger partial charge in [-0.25, -0.2) is 0 Å². The lowest BCUT2D eigenvalue weighted by atomic mass is 9.84. The molecule has 0 aliphatic heterocycles. The molecule has 0 amide bonds. The Kier molecular flexibility index (Phi) is 4.72. The molecule has 1 aliphatic rings. The second-order valence-electron chi connectivity index (χ2n) is 4.47. The molecule has 0 spiro atoms. The van der Waals surface area contributed by atoms with E-state index in [1.165, 1.54) is 0 Å². The summed E-state index contributed by atoms with van der Waals surface area (Å²) in [5, 5.41) is 10.4. The molecular weight excluding hydrogens is 194 g/mol. The smallest absolute Gasteiger partial charge is 0.210 e. The van der Waals surface area contributed by atoms with E-state index in [4.69, 9.17) is 0 Å².